The van der Waals surface area contributed by atoms with Gasteiger partial charge in [-0.05, 0) is 31.2 Å². The Labute approximate surface area is 151 Å². The standard InChI is InChI=1S/C17H13F3N4O3/c1-10-4-6-12(7-5-10)24-14(26)16(17(18,19)20,23-15(24)27)22-13(25)11-3-2-8-21-9-11/h2-9H,1H3,(H,22,25)(H,23,27)/t16-/m0/s1. The minimum atomic E-state index is -5.28. The molecule has 0 saturated carbocycles. The maximum atomic E-state index is 13.8. The fourth-order valence-corrected chi connectivity index (χ4v) is 2.55. The smallest absolute Gasteiger partial charge is 0.314 e. The van der Waals surface area contributed by atoms with Crippen LogP contribution in [0.15, 0.2) is 48.8 Å². The monoisotopic (exact) mass is 378 g/mol. The zero-order chi connectivity index (χ0) is 19.8. The Morgan fingerprint density at radius 2 is 1.85 bits per heavy atom. The number of nitrogens with one attached hydrogen (secondary N) is 2. The third-order valence-corrected chi connectivity index (χ3v) is 3.96. The Kier molecular flexibility index (Phi) is 4.34. The molecular formula is C17H13F3N4O3. The summed E-state index contributed by atoms with van der Waals surface area (Å²) in [5.41, 5.74) is -3.04. The van der Waals surface area contributed by atoms with Crippen molar-refractivity contribution in [2.24, 2.45) is 0 Å². The first kappa shape index (κ1) is 18.4. The van der Waals surface area contributed by atoms with Gasteiger partial charge in [-0.3, -0.25) is 19.9 Å². The van der Waals surface area contributed by atoms with E-state index in [-0.39, 0.29) is 11.3 Å². The van der Waals surface area contributed by atoms with Gasteiger partial charge in [-0.2, -0.15) is 13.2 Å². The number of hydrogen-bond acceptors (Lipinski definition) is 4. The molecule has 2 heterocycles. The van der Waals surface area contributed by atoms with Crippen LogP contribution in [0, 0.1) is 6.92 Å². The second-order valence-corrected chi connectivity index (χ2v) is 5.85. The number of amides is 4. The lowest BCUT2D eigenvalue weighted by atomic mass is 10.1. The van der Waals surface area contributed by atoms with Gasteiger partial charge in [0.25, 0.3) is 17.5 Å². The molecule has 2 aromatic rings. The number of carbonyl (C=O) groups excluding carboxylic acids is 3. The van der Waals surface area contributed by atoms with E-state index < -0.39 is 29.7 Å². The SMILES string of the molecule is Cc1ccc(N2C(=O)N[C@](NC(=O)c3cccnc3)(C(F)(F)F)C2=O)cc1. The molecule has 1 aromatic heterocycles. The van der Waals surface area contributed by atoms with Crippen LogP contribution in [0.2, 0.25) is 0 Å². The van der Waals surface area contributed by atoms with Crippen molar-refractivity contribution in [2.75, 3.05) is 4.90 Å². The van der Waals surface area contributed by atoms with Crippen LogP contribution < -0.4 is 15.5 Å². The van der Waals surface area contributed by atoms with Gasteiger partial charge in [0.05, 0.1) is 11.3 Å². The number of alkyl halides is 3. The van der Waals surface area contributed by atoms with E-state index in [1.165, 1.54) is 42.6 Å². The van der Waals surface area contributed by atoms with Gasteiger partial charge in [-0.25, -0.2) is 9.69 Å². The number of halogens is 3. The van der Waals surface area contributed by atoms with Crippen LogP contribution in [0.3, 0.4) is 0 Å². The lowest BCUT2D eigenvalue weighted by Crippen LogP contribution is -2.69. The zero-order valence-corrected chi connectivity index (χ0v) is 13.9. The summed E-state index contributed by atoms with van der Waals surface area (Å²) in [6.45, 7) is 1.74. The average Bonchev–Trinajstić information content (AvgIpc) is 2.87. The van der Waals surface area contributed by atoms with Gasteiger partial charge in [0, 0.05) is 12.4 Å². The van der Waals surface area contributed by atoms with Gasteiger partial charge in [-0.1, -0.05) is 17.7 Å². The molecule has 2 N–H and O–H groups in total. The summed E-state index contributed by atoms with van der Waals surface area (Å²) in [6, 6.07) is 7.03. The molecule has 0 bridgehead atoms. The highest BCUT2D eigenvalue weighted by Crippen LogP contribution is 2.36. The van der Waals surface area contributed by atoms with Crippen LogP contribution in [0.5, 0.6) is 0 Å². The highest BCUT2D eigenvalue weighted by molar-refractivity contribution is 6.24. The van der Waals surface area contributed by atoms with Crippen molar-refractivity contribution in [3.8, 4) is 0 Å². The Hall–Kier alpha value is -3.43. The molecule has 1 fully saturated rings. The van der Waals surface area contributed by atoms with Crippen molar-refractivity contribution in [1.82, 2.24) is 15.6 Å². The Balaban J connectivity index is 2.00. The summed E-state index contributed by atoms with van der Waals surface area (Å²) < 4.78 is 41.3. The first-order valence-electron chi connectivity index (χ1n) is 7.68. The number of urea groups is 1. The van der Waals surface area contributed by atoms with Crippen molar-refractivity contribution in [1.29, 1.82) is 0 Å². The molecule has 1 aliphatic heterocycles. The first-order valence-corrected chi connectivity index (χ1v) is 7.68. The maximum Gasteiger partial charge on any atom is 0.440 e. The van der Waals surface area contributed by atoms with Crippen molar-refractivity contribution >= 4 is 23.5 Å². The largest absolute Gasteiger partial charge is 0.440 e. The van der Waals surface area contributed by atoms with E-state index in [0.717, 1.165) is 11.8 Å². The minimum Gasteiger partial charge on any atom is -0.314 e. The quantitative estimate of drug-likeness (QED) is 0.801. The maximum absolute atomic E-state index is 13.8. The molecule has 27 heavy (non-hydrogen) atoms. The second-order valence-electron chi connectivity index (χ2n) is 5.85. The van der Waals surface area contributed by atoms with E-state index >= 15 is 0 Å². The highest BCUT2D eigenvalue weighted by atomic mass is 19.4. The lowest BCUT2D eigenvalue weighted by Gasteiger charge is -2.29. The summed E-state index contributed by atoms with van der Waals surface area (Å²) in [5, 5.41) is 3.19. The van der Waals surface area contributed by atoms with Gasteiger partial charge in [0.2, 0.25) is 0 Å². The molecule has 10 heteroatoms. The Morgan fingerprint density at radius 3 is 2.41 bits per heavy atom. The summed E-state index contributed by atoms with van der Waals surface area (Å²) >= 11 is 0. The Morgan fingerprint density at radius 1 is 1.19 bits per heavy atom. The molecule has 0 spiro atoms. The summed E-state index contributed by atoms with van der Waals surface area (Å²) in [5.74, 6) is -2.86. The number of imide groups is 1. The zero-order valence-electron chi connectivity index (χ0n) is 13.9. The van der Waals surface area contributed by atoms with Crippen LogP contribution in [-0.2, 0) is 4.79 Å². The minimum absolute atomic E-state index is 0.0511. The number of benzene rings is 1. The van der Waals surface area contributed by atoms with E-state index in [0.29, 0.717) is 4.90 Å². The van der Waals surface area contributed by atoms with Crippen LogP contribution in [-0.4, -0.2) is 34.7 Å². The molecule has 4 amide bonds. The predicted molar refractivity (Wildman–Crippen MR) is 87.7 cm³/mol. The number of pyridine rings is 1. The van der Waals surface area contributed by atoms with E-state index in [2.05, 4.69) is 4.98 Å². The van der Waals surface area contributed by atoms with Crippen molar-refractivity contribution in [3.05, 3.63) is 59.9 Å². The van der Waals surface area contributed by atoms with Gasteiger partial charge >= 0.3 is 12.2 Å². The summed E-state index contributed by atoms with van der Waals surface area (Å²) in [4.78, 5) is 41.0. The van der Waals surface area contributed by atoms with Crippen LogP contribution in [0.25, 0.3) is 0 Å². The number of hydrogen-bond donors (Lipinski definition) is 2. The summed E-state index contributed by atoms with van der Waals surface area (Å²) in [6.07, 6.45) is -2.91. The summed E-state index contributed by atoms with van der Waals surface area (Å²) in [7, 11) is 0. The van der Waals surface area contributed by atoms with Crippen molar-refractivity contribution < 1.29 is 27.6 Å². The number of carbonyl (C=O) groups is 3. The lowest BCUT2D eigenvalue weighted by molar-refractivity contribution is -0.197. The van der Waals surface area contributed by atoms with E-state index in [4.69, 9.17) is 0 Å². The first-order chi connectivity index (χ1) is 12.7. The fourth-order valence-electron chi connectivity index (χ4n) is 2.55. The van der Waals surface area contributed by atoms with E-state index in [9.17, 15) is 27.6 Å². The molecule has 7 nitrogen and oxygen atoms in total. The average molecular weight is 378 g/mol. The molecule has 140 valence electrons. The number of nitrogens with zero attached hydrogens (tertiary/aromatic N) is 2. The fraction of sp³-hybridized carbons (Fsp3) is 0.176. The third-order valence-electron chi connectivity index (χ3n) is 3.96. The third kappa shape index (κ3) is 3.09. The molecule has 3 rings (SSSR count). The number of aryl methyl sites for hydroxylation is 1. The Bertz CT molecular complexity index is 900. The molecule has 1 aliphatic rings. The molecular weight excluding hydrogens is 365 g/mol. The van der Waals surface area contributed by atoms with Gasteiger partial charge in [0.15, 0.2) is 0 Å². The number of anilines is 1. The predicted octanol–water partition coefficient (Wildman–Crippen LogP) is 2.13. The normalized spacial score (nSPS) is 19.8. The highest BCUT2D eigenvalue weighted by Gasteiger charge is 2.69. The molecule has 1 atom stereocenters. The molecule has 1 aromatic carbocycles. The second kappa shape index (κ2) is 6.38. The topological polar surface area (TPSA) is 91.4 Å². The number of rotatable bonds is 3. The van der Waals surface area contributed by atoms with E-state index in [1.54, 1.807) is 17.6 Å². The van der Waals surface area contributed by atoms with Gasteiger partial charge in [-0.15, -0.1) is 0 Å². The van der Waals surface area contributed by atoms with Crippen molar-refractivity contribution in [3.63, 3.8) is 0 Å². The molecule has 0 aliphatic carbocycles. The van der Waals surface area contributed by atoms with Crippen LogP contribution >= 0.6 is 0 Å². The molecule has 0 radical (unpaired) electrons. The number of aromatic nitrogens is 1. The van der Waals surface area contributed by atoms with Gasteiger partial charge < -0.3 is 5.32 Å². The van der Waals surface area contributed by atoms with Crippen molar-refractivity contribution in [2.45, 2.75) is 18.8 Å². The van der Waals surface area contributed by atoms with Gasteiger partial charge in [0.1, 0.15) is 0 Å². The van der Waals surface area contributed by atoms with E-state index in [1.807, 2.05) is 0 Å². The van der Waals surface area contributed by atoms with Crippen LogP contribution in [0.4, 0.5) is 23.7 Å². The molecule has 0 unspecified atom stereocenters. The van der Waals surface area contributed by atoms with Crippen LogP contribution in [0.1, 0.15) is 15.9 Å². The molecule has 1 saturated heterocycles.